The summed E-state index contributed by atoms with van der Waals surface area (Å²) in [5.41, 5.74) is 0.998. The van der Waals surface area contributed by atoms with E-state index in [-0.39, 0.29) is 80.5 Å². The van der Waals surface area contributed by atoms with Crippen molar-refractivity contribution in [3.05, 3.63) is 47.6 Å². The molecule has 3 heterocycles. The number of cyclic esters (lactones) is 1. The molecule has 15 atom stereocenters. The van der Waals surface area contributed by atoms with Crippen molar-refractivity contribution in [2.75, 3.05) is 34.0 Å². The summed E-state index contributed by atoms with van der Waals surface area (Å²) in [6.45, 7) is 12.6. The van der Waals surface area contributed by atoms with Gasteiger partial charge in [-0.1, -0.05) is 71.1 Å². The van der Waals surface area contributed by atoms with Gasteiger partial charge in [0.1, 0.15) is 30.1 Å². The number of allylic oxidation sites excluding steroid dienone is 6. The second kappa shape index (κ2) is 26.5. The maximum absolute atomic E-state index is 14.4. The van der Waals surface area contributed by atoms with Crippen LogP contribution in [-0.2, 0) is 47.7 Å². The van der Waals surface area contributed by atoms with Gasteiger partial charge in [0.15, 0.2) is 5.78 Å². The number of methoxy groups -OCH3 is 2. The first-order valence-corrected chi connectivity index (χ1v) is 24.6. The summed E-state index contributed by atoms with van der Waals surface area (Å²) in [5.74, 6) is -8.25. The van der Waals surface area contributed by atoms with Crippen LogP contribution in [0.1, 0.15) is 126 Å². The Balaban J connectivity index is 1.68. The molecule has 2 bridgehead atoms. The highest BCUT2D eigenvalue weighted by molar-refractivity contribution is 6.39. The first kappa shape index (κ1) is 56.2. The van der Waals surface area contributed by atoms with Crippen LogP contribution >= 0.6 is 0 Å². The minimum absolute atomic E-state index is 0.00840. The molecule has 0 aromatic carbocycles. The van der Waals surface area contributed by atoms with Crippen molar-refractivity contribution in [3.63, 3.8) is 0 Å². The zero-order valence-corrected chi connectivity index (χ0v) is 41.5. The number of nitrogens with zero attached hydrogens (tertiary/aromatic N) is 1. The molecule has 0 aromatic heterocycles. The molecule has 0 aromatic rings. The zero-order valence-electron chi connectivity index (χ0n) is 41.5. The first-order chi connectivity index (χ1) is 31.7. The van der Waals surface area contributed by atoms with Gasteiger partial charge < -0.3 is 49.0 Å². The van der Waals surface area contributed by atoms with Gasteiger partial charge in [-0.05, 0) is 107 Å². The van der Waals surface area contributed by atoms with Crippen LogP contribution in [0.4, 0.5) is 0 Å². The van der Waals surface area contributed by atoms with E-state index in [1.807, 2.05) is 32.1 Å². The standard InChI is InChI=1S/C52H81NO14/c1-31-15-11-10-12-16-32(2)41(55)29-39-20-18-37(7)52(62,67-39)49(59)50(60)53-22-14-13-17-40(53)51(61)66-44(34(4)27-38-19-21-43(65-24-23-54)45(28-38)63-8)30-42(56)33(3)26-36(6)47(58)48(64-9)46(57)35(5)25-31/h10-12,15-16,26,31,33-35,37-41,43-45,47-48,54-55,58,62H,13-14,17-25,27-30H2,1-9H3/b12-10+,15-11+,32-16+,36-26+. The molecule has 67 heavy (non-hydrogen) atoms. The Hall–Kier alpha value is -3.41. The van der Waals surface area contributed by atoms with Gasteiger partial charge in [-0.15, -0.1) is 0 Å². The summed E-state index contributed by atoms with van der Waals surface area (Å²) in [6, 6.07) is -1.16. The minimum atomic E-state index is -2.49. The topological polar surface area (TPSA) is 216 Å². The van der Waals surface area contributed by atoms with Crippen LogP contribution in [0.5, 0.6) is 0 Å². The number of carbonyl (C=O) groups is 5. The number of carbonyl (C=O) groups excluding carboxylic acids is 5. The van der Waals surface area contributed by atoms with Crippen LogP contribution in [0.3, 0.4) is 0 Å². The Morgan fingerprint density at radius 2 is 1.60 bits per heavy atom. The van der Waals surface area contributed by atoms with Crippen molar-refractivity contribution < 1.29 is 68.1 Å². The molecule has 1 amide bonds. The molecule has 3 fully saturated rings. The fourth-order valence-corrected chi connectivity index (χ4v) is 10.2. The molecule has 4 N–H and O–H groups in total. The van der Waals surface area contributed by atoms with E-state index in [9.17, 15) is 44.4 Å². The molecule has 378 valence electrons. The molecule has 1 aliphatic carbocycles. The van der Waals surface area contributed by atoms with E-state index < -0.39 is 77.8 Å². The van der Waals surface area contributed by atoms with Gasteiger partial charge in [0.25, 0.3) is 11.7 Å². The molecular weight excluding hydrogens is 863 g/mol. The van der Waals surface area contributed by atoms with Crippen LogP contribution < -0.4 is 0 Å². The molecule has 3 aliphatic heterocycles. The number of Topliss-reactive ketones (excluding diaryl/α,β-unsaturated/α-hetero) is 3. The van der Waals surface area contributed by atoms with Gasteiger partial charge in [-0.3, -0.25) is 19.2 Å². The smallest absolute Gasteiger partial charge is 0.329 e. The number of aliphatic hydroxyl groups is 4. The molecule has 4 aliphatic rings. The third kappa shape index (κ3) is 15.3. The van der Waals surface area contributed by atoms with E-state index >= 15 is 0 Å². The summed E-state index contributed by atoms with van der Waals surface area (Å²) in [6.07, 6.45) is 10.3. The Morgan fingerprint density at radius 3 is 2.28 bits per heavy atom. The Kier molecular flexibility index (Phi) is 22.3. The molecule has 4 rings (SSSR count). The van der Waals surface area contributed by atoms with E-state index in [4.69, 9.17) is 23.7 Å². The molecule has 2 saturated heterocycles. The lowest BCUT2D eigenvalue weighted by Crippen LogP contribution is -2.61. The predicted molar refractivity (Wildman–Crippen MR) is 251 cm³/mol. The van der Waals surface area contributed by atoms with Crippen LogP contribution in [0.15, 0.2) is 47.6 Å². The van der Waals surface area contributed by atoms with Crippen molar-refractivity contribution >= 4 is 29.2 Å². The highest BCUT2D eigenvalue weighted by Crippen LogP contribution is 2.38. The van der Waals surface area contributed by atoms with Gasteiger partial charge in [0.05, 0.1) is 37.6 Å². The largest absolute Gasteiger partial charge is 0.460 e. The minimum Gasteiger partial charge on any atom is -0.460 e. The van der Waals surface area contributed by atoms with Gasteiger partial charge in [-0.2, -0.15) is 0 Å². The molecular formula is C52H81NO14. The molecule has 15 heteroatoms. The van der Waals surface area contributed by atoms with Gasteiger partial charge in [0.2, 0.25) is 5.79 Å². The number of amides is 1. The van der Waals surface area contributed by atoms with Gasteiger partial charge >= 0.3 is 5.97 Å². The third-order valence-electron chi connectivity index (χ3n) is 14.6. The molecule has 15 unspecified atom stereocenters. The molecule has 0 radical (unpaired) electrons. The van der Waals surface area contributed by atoms with Crippen molar-refractivity contribution in [1.29, 1.82) is 0 Å². The Labute approximate surface area is 398 Å². The Morgan fingerprint density at radius 1 is 0.866 bits per heavy atom. The number of piperidine rings is 1. The number of aliphatic hydroxyl groups excluding tert-OH is 3. The van der Waals surface area contributed by atoms with Crippen LogP contribution in [0.25, 0.3) is 0 Å². The number of esters is 1. The third-order valence-corrected chi connectivity index (χ3v) is 14.6. The summed E-state index contributed by atoms with van der Waals surface area (Å²) in [7, 11) is 2.99. The summed E-state index contributed by atoms with van der Waals surface area (Å²) < 4.78 is 29.5. The van der Waals surface area contributed by atoms with Crippen molar-refractivity contribution in [2.24, 2.45) is 35.5 Å². The fourth-order valence-electron chi connectivity index (χ4n) is 10.2. The number of hydrogen-bond donors (Lipinski definition) is 4. The second-order valence-corrected chi connectivity index (χ2v) is 19.9. The lowest BCUT2D eigenvalue weighted by Gasteiger charge is -2.42. The van der Waals surface area contributed by atoms with Gasteiger partial charge in [-0.25, -0.2) is 4.79 Å². The maximum Gasteiger partial charge on any atom is 0.329 e. The number of hydrogen-bond acceptors (Lipinski definition) is 14. The summed E-state index contributed by atoms with van der Waals surface area (Å²) in [4.78, 5) is 71.8. The summed E-state index contributed by atoms with van der Waals surface area (Å²) in [5, 5.41) is 43.8. The van der Waals surface area contributed by atoms with E-state index in [1.54, 1.807) is 60.0 Å². The maximum atomic E-state index is 14.4. The quantitative estimate of drug-likeness (QED) is 0.134. The van der Waals surface area contributed by atoms with Gasteiger partial charge in [0, 0.05) is 51.4 Å². The van der Waals surface area contributed by atoms with Crippen molar-refractivity contribution in [2.45, 2.75) is 180 Å². The van der Waals surface area contributed by atoms with Crippen LogP contribution in [-0.4, -0.2) is 143 Å². The molecule has 15 nitrogen and oxygen atoms in total. The fraction of sp³-hybridized carbons (Fsp3) is 0.750. The number of rotatable bonds is 8. The second-order valence-electron chi connectivity index (χ2n) is 19.9. The zero-order chi connectivity index (χ0) is 49.6. The Bertz CT molecular complexity index is 1790. The van der Waals surface area contributed by atoms with Crippen molar-refractivity contribution in [3.8, 4) is 0 Å². The SMILES string of the molecule is COC1CC(CC(C)C2CC(=O)C(C)/C=C(\C)C(O)C(OC)C(=O)C(C)CC(C)/C=C/C=C/C=C(\C)C(O)CC3CCC(C)C(O)(O3)C(=O)C(=O)N3CCCCC3C(=O)O2)CCC1OCCO. The van der Waals surface area contributed by atoms with Crippen LogP contribution in [0.2, 0.25) is 0 Å². The van der Waals surface area contributed by atoms with E-state index in [0.717, 1.165) is 11.3 Å². The summed E-state index contributed by atoms with van der Waals surface area (Å²) >= 11 is 0. The average Bonchev–Trinajstić information content (AvgIpc) is 3.30. The average molecular weight is 944 g/mol. The molecule has 1 saturated carbocycles. The predicted octanol–water partition coefficient (Wildman–Crippen LogP) is 5.54. The van der Waals surface area contributed by atoms with E-state index in [0.29, 0.717) is 62.5 Å². The lowest BCUT2D eigenvalue weighted by molar-refractivity contribution is -0.265. The lowest BCUT2D eigenvalue weighted by atomic mass is 9.78. The number of fused-ring (bicyclic) bond motifs is 3. The highest BCUT2D eigenvalue weighted by Gasteiger charge is 2.53. The number of ether oxygens (including phenoxy) is 5. The number of ketones is 3. The van der Waals surface area contributed by atoms with E-state index in [1.165, 1.54) is 7.11 Å². The highest BCUT2D eigenvalue weighted by atomic mass is 16.6. The van der Waals surface area contributed by atoms with Crippen molar-refractivity contribution in [1.82, 2.24) is 4.90 Å². The van der Waals surface area contributed by atoms with Crippen LogP contribution in [0, 0.1) is 35.5 Å². The van der Waals surface area contributed by atoms with E-state index in [2.05, 4.69) is 0 Å². The monoisotopic (exact) mass is 944 g/mol. The molecule has 0 spiro atoms. The normalized spacial score (nSPS) is 39.6. The first-order valence-electron chi connectivity index (χ1n) is 24.6.